The van der Waals surface area contributed by atoms with E-state index < -0.39 is 5.97 Å². The number of methoxy groups -OCH3 is 1. The molecule has 8 nitrogen and oxygen atoms in total. The van der Waals surface area contributed by atoms with Crippen molar-refractivity contribution in [2.45, 2.75) is 51.2 Å². The summed E-state index contributed by atoms with van der Waals surface area (Å²) < 4.78 is 4.72. The highest BCUT2D eigenvalue weighted by atomic mass is 35.5. The van der Waals surface area contributed by atoms with Crippen molar-refractivity contribution in [1.29, 1.82) is 0 Å². The summed E-state index contributed by atoms with van der Waals surface area (Å²) in [5, 5.41) is 0.948. The van der Waals surface area contributed by atoms with Gasteiger partial charge in [0.25, 0.3) is 0 Å². The number of likely N-dealkylation sites (tertiary alicyclic amines) is 1. The predicted molar refractivity (Wildman–Crippen MR) is 140 cm³/mol. The number of rotatable bonds is 6. The van der Waals surface area contributed by atoms with Gasteiger partial charge < -0.3 is 15.4 Å². The van der Waals surface area contributed by atoms with Gasteiger partial charge in [-0.25, -0.2) is 14.8 Å². The summed E-state index contributed by atoms with van der Waals surface area (Å²) in [5.74, 6) is -0.0837. The second kappa shape index (κ2) is 10.9. The second-order valence-electron chi connectivity index (χ2n) is 9.66. The van der Waals surface area contributed by atoms with Crippen LogP contribution in [0.4, 0.5) is 11.6 Å². The molecule has 0 bridgehead atoms. The molecule has 1 atom stereocenters. The smallest absolute Gasteiger partial charge is 0.360 e. The zero-order valence-corrected chi connectivity index (χ0v) is 22.1. The van der Waals surface area contributed by atoms with Gasteiger partial charge >= 0.3 is 5.97 Å². The molecule has 3 heterocycles. The highest BCUT2D eigenvalue weighted by Gasteiger charge is 2.41. The van der Waals surface area contributed by atoms with Crippen molar-refractivity contribution < 1.29 is 9.53 Å². The predicted octanol–water partition coefficient (Wildman–Crippen LogP) is 4.11. The third kappa shape index (κ3) is 5.66. The number of piperidine rings is 1. The van der Waals surface area contributed by atoms with Crippen molar-refractivity contribution in [2.75, 3.05) is 50.5 Å². The number of nitrogens with zero attached hydrogens (tertiary/aromatic N) is 5. The van der Waals surface area contributed by atoms with Gasteiger partial charge in [0.15, 0.2) is 22.5 Å². The zero-order valence-electron chi connectivity index (χ0n) is 20.6. The summed E-state index contributed by atoms with van der Waals surface area (Å²) in [6.07, 6.45) is 3.26. The van der Waals surface area contributed by atoms with Crippen LogP contribution in [-0.2, 0) is 11.3 Å². The quantitative estimate of drug-likeness (QED) is 0.569. The lowest BCUT2D eigenvalue weighted by atomic mass is 9.85. The van der Waals surface area contributed by atoms with E-state index in [-0.39, 0.29) is 22.2 Å². The first-order valence-corrected chi connectivity index (χ1v) is 12.9. The maximum atomic E-state index is 11.9. The Balaban J connectivity index is 1.41. The molecule has 0 radical (unpaired) electrons. The molecule has 2 saturated heterocycles. The number of benzene rings is 1. The third-order valence-electron chi connectivity index (χ3n) is 7.44. The van der Waals surface area contributed by atoms with E-state index in [2.05, 4.69) is 50.6 Å². The van der Waals surface area contributed by atoms with E-state index in [1.165, 1.54) is 12.7 Å². The van der Waals surface area contributed by atoms with E-state index in [0.29, 0.717) is 11.9 Å². The number of hydrogen-bond acceptors (Lipinski definition) is 8. The maximum absolute atomic E-state index is 11.9. The van der Waals surface area contributed by atoms with Gasteiger partial charge in [0, 0.05) is 55.9 Å². The van der Waals surface area contributed by atoms with Crippen LogP contribution in [0.5, 0.6) is 0 Å². The van der Waals surface area contributed by atoms with Crippen LogP contribution in [0.15, 0.2) is 24.3 Å². The van der Waals surface area contributed by atoms with Crippen LogP contribution in [0.25, 0.3) is 0 Å². The van der Waals surface area contributed by atoms with Crippen molar-refractivity contribution >= 4 is 40.8 Å². The van der Waals surface area contributed by atoms with Crippen molar-refractivity contribution in [3.63, 3.8) is 0 Å². The molecular formula is C25H34Cl2N6O2. The lowest BCUT2D eigenvalue weighted by molar-refractivity contribution is -0.00585. The van der Waals surface area contributed by atoms with E-state index >= 15 is 0 Å². The SMILES string of the molecule is CC[C@H]1CN(c2nc(N)c(C(=O)OC)nc2Cl)CCN1C1(C)CCN(Cc2ccc(Cl)cc2)CC1. The van der Waals surface area contributed by atoms with Crippen molar-refractivity contribution in [2.24, 2.45) is 0 Å². The molecule has 35 heavy (non-hydrogen) atoms. The maximum Gasteiger partial charge on any atom is 0.360 e. The molecular weight excluding hydrogens is 487 g/mol. The largest absolute Gasteiger partial charge is 0.464 e. The fourth-order valence-electron chi connectivity index (χ4n) is 5.30. The topological polar surface area (TPSA) is 87.8 Å². The van der Waals surface area contributed by atoms with E-state index in [1.807, 2.05) is 12.1 Å². The van der Waals surface area contributed by atoms with Crippen LogP contribution in [0.3, 0.4) is 0 Å². The van der Waals surface area contributed by atoms with E-state index in [4.69, 9.17) is 33.7 Å². The van der Waals surface area contributed by atoms with Crippen LogP contribution in [0.2, 0.25) is 10.2 Å². The fraction of sp³-hybridized carbons (Fsp3) is 0.560. The number of hydrogen-bond donors (Lipinski definition) is 1. The van der Waals surface area contributed by atoms with Crippen LogP contribution in [-0.4, -0.2) is 77.2 Å². The third-order valence-corrected chi connectivity index (χ3v) is 7.95. The fourth-order valence-corrected chi connectivity index (χ4v) is 5.67. The normalized spacial score (nSPS) is 21.2. The molecule has 4 rings (SSSR count). The van der Waals surface area contributed by atoms with Crippen LogP contribution in [0, 0.1) is 0 Å². The standard InChI is InChI=1S/C25H34Cl2N6O2/c1-4-19-16-32(23-21(27)29-20(22(28)30-23)24(34)35-3)13-14-33(19)25(2)9-11-31(12-10-25)15-17-5-7-18(26)8-6-17/h5-8,19H,4,9-16H2,1-3H3,(H2,28,30)/t19-/m0/s1. The Kier molecular flexibility index (Phi) is 8.06. The molecule has 2 aliphatic rings. The molecule has 0 saturated carbocycles. The summed E-state index contributed by atoms with van der Waals surface area (Å²) in [5.41, 5.74) is 7.39. The molecule has 10 heteroatoms. The molecule has 2 aliphatic heterocycles. The molecule has 0 aliphatic carbocycles. The molecule has 2 N–H and O–H groups in total. The lowest BCUT2D eigenvalue weighted by Crippen LogP contribution is -2.63. The van der Waals surface area contributed by atoms with Crippen LogP contribution >= 0.6 is 23.2 Å². The van der Waals surface area contributed by atoms with Crippen LogP contribution < -0.4 is 10.6 Å². The van der Waals surface area contributed by atoms with Gasteiger partial charge in [0.2, 0.25) is 0 Å². The second-order valence-corrected chi connectivity index (χ2v) is 10.5. The Labute approximate surface area is 217 Å². The number of nitrogens with two attached hydrogens (primary N) is 1. The number of nitrogen functional groups attached to an aromatic ring is 1. The van der Waals surface area contributed by atoms with Gasteiger partial charge in [-0.3, -0.25) is 9.80 Å². The summed E-state index contributed by atoms with van der Waals surface area (Å²) in [6, 6.07) is 8.51. The lowest BCUT2D eigenvalue weighted by Gasteiger charge is -2.53. The van der Waals surface area contributed by atoms with Gasteiger partial charge in [-0.2, -0.15) is 0 Å². The van der Waals surface area contributed by atoms with E-state index in [1.54, 1.807) is 0 Å². The van der Waals surface area contributed by atoms with E-state index in [9.17, 15) is 4.79 Å². The summed E-state index contributed by atoms with van der Waals surface area (Å²) in [4.78, 5) is 27.8. The Hall–Kier alpha value is -2.13. The van der Waals surface area contributed by atoms with Crippen LogP contribution in [0.1, 0.15) is 49.2 Å². The minimum atomic E-state index is -0.643. The minimum absolute atomic E-state index is 0.0340. The first kappa shape index (κ1) is 25.9. The van der Waals surface area contributed by atoms with Gasteiger partial charge in [-0.05, 0) is 43.9 Å². The molecule has 1 aromatic carbocycles. The first-order chi connectivity index (χ1) is 16.7. The van der Waals surface area contributed by atoms with Crippen molar-refractivity contribution in [3.8, 4) is 0 Å². The molecule has 0 spiro atoms. The number of ether oxygens (including phenoxy) is 1. The Morgan fingerprint density at radius 2 is 1.83 bits per heavy atom. The van der Waals surface area contributed by atoms with Gasteiger partial charge in [0.1, 0.15) is 0 Å². The number of carbonyl (C=O) groups excluding carboxylic acids is 1. The first-order valence-electron chi connectivity index (χ1n) is 12.1. The molecule has 1 aromatic heterocycles. The average molecular weight is 521 g/mol. The molecule has 2 fully saturated rings. The van der Waals surface area contributed by atoms with Crippen molar-refractivity contribution in [1.82, 2.24) is 19.8 Å². The summed E-state index contributed by atoms with van der Waals surface area (Å²) in [6.45, 7) is 10.2. The highest BCUT2D eigenvalue weighted by Crippen LogP contribution is 2.35. The number of anilines is 2. The molecule has 0 amide bonds. The Bertz CT molecular complexity index is 1040. The average Bonchev–Trinajstić information content (AvgIpc) is 2.87. The van der Waals surface area contributed by atoms with Gasteiger partial charge in [-0.15, -0.1) is 0 Å². The number of carbonyl (C=O) groups is 1. The number of halogens is 2. The van der Waals surface area contributed by atoms with Gasteiger partial charge in [0.05, 0.1) is 7.11 Å². The van der Waals surface area contributed by atoms with E-state index in [0.717, 1.165) is 63.6 Å². The molecule has 0 unspecified atom stereocenters. The number of piperazine rings is 1. The monoisotopic (exact) mass is 520 g/mol. The summed E-state index contributed by atoms with van der Waals surface area (Å²) >= 11 is 12.5. The van der Waals surface area contributed by atoms with Crippen molar-refractivity contribution in [3.05, 3.63) is 45.7 Å². The minimum Gasteiger partial charge on any atom is -0.464 e. The number of aromatic nitrogens is 2. The Morgan fingerprint density at radius 3 is 2.46 bits per heavy atom. The summed E-state index contributed by atoms with van der Waals surface area (Å²) in [7, 11) is 1.28. The Morgan fingerprint density at radius 1 is 1.14 bits per heavy atom. The molecule has 2 aromatic rings. The molecule has 190 valence electrons. The highest BCUT2D eigenvalue weighted by molar-refractivity contribution is 6.32. The zero-order chi connectivity index (χ0) is 25.2. The van der Waals surface area contributed by atoms with Gasteiger partial charge in [-0.1, -0.05) is 42.3 Å². The number of esters is 1.